The van der Waals surface area contributed by atoms with Gasteiger partial charge in [0.2, 0.25) is 0 Å². The maximum Gasteiger partial charge on any atom is 0.410 e. The summed E-state index contributed by atoms with van der Waals surface area (Å²) >= 11 is 0. The molecule has 32 heavy (non-hydrogen) atoms. The van der Waals surface area contributed by atoms with E-state index in [9.17, 15) is 18.0 Å². The minimum atomic E-state index is -4.51. The molecule has 2 unspecified atom stereocenters. The molecule has 0 aliphatic carbocycles. The number of hydrogen-bond acceptors (Lipinski definition) is 4. The Morgan fingerprint density at radius 2 is 1.88 bits per heavy atom. The third-order valence-electron chi connectivity index (χ3n) is 5.39. The maximum atomic E-state index is 13.8. The van der Waals surface area contributed by atoms with Crippen molar-refractivity contribution < 1.29 is 22.7 Å². The fourth-order valence-electron chi connectivity index (χ4n) is 3.75. The van der Waals surface area contributed by atoms with Crippen molar-refractivity contribution >= 4 is 17.4 Å². The number of halogens is 3. The molecule has 1 aliphatic heterocycles. The highest BCUT2D eigenvalue weighted by Crippen LogP contribution is 2.44. The number of aromatic nitrogens is 2. The lowest BCUT2D eigenvalue weighted by Crippen LogP contribution is -2.36. The topological polar surface area (TPSA) is 68.2 Å². The van der Waals surface area contributed by atoms with Crippen LogP contribution in [-0.4, -0.2) is 28.5 Å². The molecule has 0 saturated heterocycles. The Labute approximate surface area is 183 Å². The molecule has 1 aliphatic rings. The van der Waals surface area contributed by atoms with Crippen LogP contribution in [0.5, 0.6) is 5.75 Å². The second-order valence-electron chi connectivity index (χ2n) is 7.66. The summed E-state index contributed by atoms with van der Waals surface area (Å²) in [7, 11) is 0. The van der Waals surface area contributed by atoms with Crippen molar-refractivity contribution in [2.45, 2.75) is 38.5 Å². The van der Waals surface area contributed by atoms with Crippen molar-refractivity contribution in [3.05, 3.63) is 71.4 Å². The maximum absolute atomic E-state index is 13.8. The van der Waals surface area contributed by atoms with Crippen LogP contribution in [0.3, 0.4) is 0 Å². The number of alkyl halides is 3. The minimum absolute atomic E-state index is 0.0462. The number of benzene rings is 2. The van der Waals surface area contributed by atoms with Crippen molar-refractivity contribution in [1.29, 1.82) is 0 Å². The summed E-state index contributed by atoms with van der Waals surface area (Å²) in [5.41, 5.74) is 2.27. The predicted octanol–water partition coefficient (Wildman–Crippen LogP) is 5.50. The molecule has 0 spiro atoms. The van der Waals surface area contributed by atoms with E-state index in [2.05, 4.69) is 15.7 Å². The molecular weight excluding hydrogens is 421 g/mol. The average molecular weight is 444 g/mol. The van der Waals surface area contributed by atoms with Crippen molar-refractivity contribution in [3.63, 3.8) is 0 Å². The van der Waals surface area contributed by atoms with Gasteiger partial charge in [-0.2, -0.15) is 18.3 Å². The molecule has 0 bridgehead atoms. The van der Waals surface area contributed by atoms with E-state index in [-0.39, 0.29) is 17.8 Å². The van der Waals surface area contributed by atoms with Crippen LogP contribution in [0.2, 0.25) is 0 Å². The minimum Gasteiger partial charge on any atom is -0.494 e. The van der Waals surface area contributed by atoms with Crippen LogP contribution in [0.4, 0.5) is 24.7 Å². The molecule has 2 heterocycles. The summed E-state index contributed by atoms with van der Waals surface area (Å²) < 4.78 is 47.7. The number of amides is 1. The van der Waals surface area contributed by atoms with Gasteiger partial charge in [-0.15, -0.1) is 0 Å². The number of fused-ring (bicyclic) bond motifs is 1. The predicted molar refractivity (Wildman–Crippen MR) is 115 cm³/mol. The van der Waals surface area contributed by atoms with Crippen LogP contribution in [0, 0.1) is 6.92 Å². The standard InChI is InChI=1S/C23H23F3N4O2/c1-3-32-17-10-8-16(9-11-17)28-22(31)18-13-27-30-20(23(24,25)26)12-19(29-21(18)30)15-6-4-14(2)5-7-15/h4-11,13,19-20,29H,3,12H2,1-2H3,(H,28,31). The molecule has 1 amide bonds. The highest BCUT2D eigenvalue weighted by molar-refractivity contribution is 6.07. The number of carbonyl (C=O) groups excluding carboxylic acids is 1. The number of carbonyl (C=O) groups is 1. The van der Waals surface area contributed by atoms with Gasteiger partial charge in [-0.05, 0) is 43.7 Å². The van der Waals surface area contributed by atoms with Crippen LogP contribution in [0.25, 0.3) is 0 Å². The smallest absolute Gasteiger partial charge is 0.410 e. The Kier molecular flexibility index (Phi) is 5.82. The van der Waals surface area contributed by atoms with Gasteiger partial charge in [-0.25, -0.2) is 4.68 Å². The highest BCUT2D eigenvalue weighted by Gasteiger charge is 2.47. The summed E-state index contributed by atoms with van der Waals surface area (Å²) in [4.78, 5) is 12.9. The summed E-state index contributed by atoms with van der Waals surface area (Å²) in [6.45, 7) is 4.29. The van der Waals surface area contributed by atoms with Gasteiger partial charge in [0.15, 0.2) is 6.04 Å². The molecule has 3 aromatic rings. The number of anilines is 2. The second-order valence-corrected chi connectivity index (χ2v) is 7.66. The number of aryl methyl sites for hydroxylation is 1. The molecule has 6 nitrogen and oxygen atoms in total. The third kappa shape index (κ3) is 4.42. The molecule has 0 fully saturated rings. The first-order valence-electron chi connectivity index (χ1n) is 10.3. The quantitative estimate of drug-likeness (QED) is 0.545. The largest absolute Gasteiger partial charge is 0.494 e. The zero-order chi connectivity index (χ0) is 22.9. The number of rotatable bonds is 5. The molecule has 0 saturated carbocycles. The zero-order valence-corrected chi connectivity index (χ0v) is 17.6. The Morgan fingerprint density at radius 1 is 1.19 bits per heavy atom. The first kappa shape index (κ1) is 21.7. The van der Waals surface area contributed by atoms with E-state index < -0.39 is 24.2 Å². The number of nitrogens with one attached hydrogen (secondary N) is 2. The molecule has 1 aromatic heterocycles. The number of nitrogens with zero attached hydrogens (tertiary/aromatic N) is 2. The first-order chi connectivity index (χ1) is 15.3. The van der Waals surface area contributed by atoms with Crippen LogP contribution in [0.15, 0.2) is 54.7 Å². The Hall–Kier alpha value is -3.49. The summed E-state index contributed by atoms with van der Waals surface area (Å²) in [6, 6.07) is 11.6. The van der Waals surface area contributed by atoms with Gasteiger partial charge >= 0.3 is 6.18 Å². The summed E-state index contributed by atoms with van der Waals surface area (Å²) in [6.07, 6.45) is -3.56. The van der Waals surface area contributed by atoms with Gasteiger partial charge in [0.05, 0.1) is 18.8 Å². The average Bonchev–Trinajstić information content (AvgIpc) is 3.18. The second kappa shape index (κ2) is 8.57. The lowest BCUT2D eigenvalue weighted by atomic mass is 9.96. The molecule has 4 rings (SSSR count). The molecule has 2 atom stereocenters. The molecule has 9 heteroatoms. The number of ether oxygens (including phenoxy) is 1. The summed E-state index contributed by atoms with van der Waals surface area (Å²) in [5, 5.41) is 9.71. The monoisotopic (exact) mass is 444 g/mol. The van der Waals surface area contributed by atoms with E-state index in [0.29, 0.717) is 18.0 Å². The molecule has 2 N–H and O–H groups in total. The Bertz CT molecular complexity index is 1090. The van der Waals surface area contributed by atoms with Gasteiger partial charge in [-0.1, -0.05) is 29.8 Å². The lowest BCUT2D eigenvalue weighted by Gasteiger charge is -2.34. The molecule has 168 valence electrons. The van der Waals surface area contributed by atoms with Crippen molar-refractivity contribution in [2.24, 2.45) is 0 Å². The SMILES string of the molecule is CCOc1ccc(NC(=O)c2cnn3c2NC(c2ccc(C)cc2)CC3C(F)(F)F)cc1. The molecule has 0 radical (unpaired) electrons. The van der Waals surface area contributed by atoms with Crippen LogP contribution in [0.1, 0.15) is 46.9 Å². The highest BCUT2D eigenvalue weighted by atomic mass is 19.4. The van der Waals surface area contributed by atoms with Gasteiger partial charge in [0, 0.05) is 12.1 Å². The fraction of sp³-hybridized carbons (Fsp3) is 0.304. The van der Waals surface area contributed by atoms with Gasteiger partial charge in [0.1, 0.15) is 17.1 Å². The van der Waals surface area contributed by atoms with Crippen LogP contribution in [-0.2, 0) is 0 Å². The van der Waals surface area contributed by atoms with Crippen LogP contribution < -0.4 is 15.4 Å². The van der Waals surface area contributed by atoms with Crippen LogP contribution >= 0.6 is 0 Å². The van der Waals surface area contributed by atoms with E-state index in [1.54, 1.807) is 36.4 Å². The van der Waals surface area contributed by atoms with E-state index >= 15 is 0 Å². The molecule has 2 aromatic carbocycles. The van der Waals surface area contributed by atoms with Crippen molar-refractivity contribution in [1.82, 2.24) is 9.78 Å². The van der Waals surface area contributed by atoms with E-state index in [0.717, 1.165) is 15.8 Å². The summed E-state index contributed by atoms with van der Waals surface area (Å²) in [5.74, 6) is 0.157. The number of hydrogen-bond donors (Lipinski definition) is 2. The van der Waals surface area contributed by atoms with E-state index in [1.165, 1.54) is 6.20 Å². The van der Waals surface area contributed by atoms with Gasteiger partial charge in [0.25, 0.3) is 5.91 Å². The Morgan fingerprint density at radius 3 is 2.50 bits per heavy atom. The molecular formula is C23H23F3N4O2. The zero-order valence-electron chi connectivity index (χ0n) is 17.6. The van der Waals surface area contributed by atoms with E-state index in [1.807, 2.05) is 26.0 Å². The fourth-order valence-corrected chi connectivity index (χ4v) is 3.75. The lowest BCUT2D eigenvalue weighted by molar-refractivity contribution is -0.173. The van der Waals surface area contributed by atoms with Gasteiger partial charge in [-0.3, -0.25) is 4.79 Å². The normalized spacial score (nSPS) is 17.9. The van der Waals surface area contributed by atoms with Crippen molar-refractivity contribution in [3.8, 4) is 5.75 Å². The Balaban J connectivity index is 1.62. The first-order valence-corrected chi connectivity index (χ1v) is 10.3. The third-order valence-corrected chi connectivity index (χ3v) is 5.39. The van der Waals surface area contributed by atoms with E-state index in [4.69, 9.17) is 4.74 Å². The van der Waals surface area contributed by atoms with Gasteiger partial charge < -0.3 is 15.4 Å². The van der Waals surface area contributed by atoms with Crippen molar-refractivity contribution in [2.75, 3.05) is 17.2 Å².